The van der Waals surface area contributed by atoms with E-state index in [1.54, 1.807) is 13.1 Å². The maximum atomic E-state index is 13.2. The number of pyridine rings is 1. The minimum atomic E-state index is -0.408. The van der Waals surface area contributed by atoms with Crippen molar-refractivity contribution in [2.75, 3.05) is 30.8 Å². The molecule has 2 aromatic carbocycles. The summed E-state index contributed by atoms with van der Waals surface area (Å²) in [5, 5.41) is 6.66. The fraction of sp³-hybridized carbons (Fsp3) is 0.308. The summed E-state index contributed by atoms with van der Waals surface area (Å²) in [7, 11) is 3.52. The van der Waals surface area contributed by atoms with Gasteiger partial charge in [0.25, 0.3) is 11.5 Å². The van der Waals surface area contributed by atoms with Gasteiger partial charge in [-0.1, -0.05) is 35.9 Å². The second-order valence-corrected chi connectivity index (χ2v) is 8.89. The quantitative estimate of drug-likeness (QED) is 0.544. The molecule has 0 radical (unpaired) electrons. The Morgan fingerprint density at radius 3 is 2.42 bits per heavy atom. The van der Waals surface area contributed by atoms with Gasteiger partial charge in [-0.05, 0) is 67.7 Å². The van der Waals surface area contributed by atoms with E-state index in [1.165, 1.54) is 17.4 Å². The number of rotatable bonds is 6. The third-order valence-electron chi connectivity index (χ3n) is 6.23. The summed E-state index contributed by atoms with van der Waals surface area (Å²) >= 11 is 6.60. The average Bonchev–Trinajstić information content (AvgIpc) is 3.31. The number of hydrogen-bond acceptors (Lipinski definition) is 4. The number of likely N-dealkylation sites (tertiary alicyclic amines) is 1. The molecule has 2 heterocycles. The van der Waals surface area contributed by atoms with Crippen molar-refractivity contribution >= 4 is 28.9 Å². The molecular weight excluding hydrogens is 436 g/mol. The highest BCUT2D eigenvalue weighted by atomic mass is 35.5. The summed E-state index contributed by atoms with van der Waals surface area (Å²) in [6, 6.07) is 13.2. The van der Waals surface area contributed by atoms with Crippen LogP contribution in [0.2, 0.25) is 5.02 Å². The van der Waals surface area contributed by atoms with Gasteiger partial charge in [0.05, 0.1) is 10.7 Å². The Balaban J connectivity index is 1.64. The van der Waals surface area contributed by atoms with Crippen molar-refractivity contribution in [2.24, 2.45) is 7.05 Å². The molecule has 1 aliphatic heterocycles. The van der Waals surface area contributed by atoms with Crippen molar-refractivity contribution in [2.45, 2.75) is 26.3 Å². The Hall–Kier alpha value is -3.09. The highest BCUT2D eigenvalue weighted by Gasteiger charge is 2.18. The zero-order chi connectivity index (χ0) is 23.5. The number of aryl methyl sites for hydroxylation is 1. The van der Waals surface area contributed by atoms with E-state index >= 15 is 0 Å². The molecule has 4 rings (SSSR count). The number of nitrogens with one attached hydrogen (secondary N) is 2. The van der Waals surface area contributed by atoms with Crippen LogP contribution in [-0.4, -0.2) is 35.5 Å². The summed E-state index contributed by atoms with van der Waals surface area (Å²) in [6.45, 7) is 4.78. The molecule has 0 aliphatic carbocycles. The van der Waals surface area contributed by atoms with Crippen molar-refractivity contribution in [3.63, 3.8) is 0 Å². The van der Waals surface area contributed by atoms with Gasteiger partial charge in [-0.3, -0.25) is 14.5 Å². The van der Waals surface area contributed by atoms with Crippen LogP contribution in [0.4, 0.5) is 11.4 Å². The van der Waals surface area contributed by atoms with Crippen molar-refractivity contribution < 1.29 is 4.79 Å². The summed E-state index contributed by atoms with van der Waals surface area (Å²) in [6.07, 6.45) is 4.20. The van der Waals surface area contributed by atoms with Gasteiger partial charge in [0.15, 0.2) is 0 Å². The van der Waals surface area contributed by atoms with E-state index < -0.39 is 5.91 Å². The highest BCUT2D eigenvalue weighted by Crippen LogP contribution is 2.37. The first-order chi connectivity index (χ1) is 15.9. The number of anilines is 2. The lowest BCUT2D eigenvalue weighted by atomic mass is 9.98. The molecule has 1 amide bonds. The zero-order valence-corrected chi connectivity index (χ0v) is 20.0. The van der Waals surface area contributed by atoms with Crippen molar-refractivity contribution in [3.8, 4) is 11.1 Å². The van der Waals surface area contributed by atoms with Gasteiger partial charge < -0.3 is 15.2 Å². The lowest BCUT2D eigenvalue weighted by Crippen LogP contribution is -2.29. The van der Waals surface area contributed by atoms with E-state index in [0.29, 0.717) is 10.7 Å². The Labute approximate surface area is 199 Å². The smallest absolute Gasteiger partial charge is 0.263 e. The van der Waals surface area contributed by atoms with Gasteiger partial charge in [-0.2, -0.15) is 0 Å². The fourth-order valence-corrected chi connectivity index (χ4v) is 4.74. The molecule has 0 unspecified atom stereocenters. The largest absolute Gasteiger partial charge is 0.387 e. The minimum Gasteiger partial charge on any atom is -0.387 e. The SMILES string of the molecule is CNc1cccc(-c2cccc(NC(=O)c3cc(CN4CCCC4)cn(C)c3=O)c2C)c1Cl. The van der Waals surface area contributed by atoms with Gasteiger partial charge in [0.2, 0.25) is 0 Å². The number of carbonyl (C=O) groups is 1. The predicted octanol–water partition coefficient (Wildman–Crippen LogP) is 4.90. The topological polar surface area (TPSA) is 66.4 Å². The minimum absolute atomic E-state index is 0.147. The molecular formula is C26H29ClN4O2. The summed E-state index contributed by atoms with van der Waals surface area (Å²) < 4.78 is 1.49. The molecule has 33 heavy (non-hydrogen) atoms. The molecule has 0 spiro atoms. The number of halogens is 1. The van der Waals surface area contributed by atoms with Crippen LogP contribution < -0.4 is 16.2 Å². The van der Waals surface area contributed by atoms with Crippen LogP contribution in [0.15, 0.2) is 53.5 Å². The first-order valence-corrected chi connectivity index (χ1v) is 11.6. The monoisotopic (exact) mass is 464 g/mol. The zero-order valence-electron chi connectivity index (χ0n) is 19.2. The van der Waals surface area contributed by atoms with Crippen LogP contribution in [0.3, 0.4) is 0 Å². The lowest BCUT2D eigenvalue weighted by molar-refractivity contribution is 0.102. The Morgan fingerprint density at radius 1 is 1.06 bits per heavy atom. The third kappa shape index (κ3) is 4.82. The van der Waals surface area contributed by atoms with Crippen molar-refractivity contribution in [1.29, 1.82) is 0 Å². The molecule has 0 atom stereocenters. The molecule has 1 aliphatic rings. The molecule has 6 nitrogen and oxygen atoms in total. The number of hydrogen-bond donors (Lipinski definition) is 2. The number of nitrogens with zero attached hydrogens (tertiary/aromatic N) is 2. The number of benzene rings is 2. The molecule has 3 aromatic rings. The third-order valence-corrected chi connectivity index (χ3v) is 6.64. The maximum absolute atomic E-state index is 13.2. The molecule has 1 aromatic heterocycles. The van der Waals surface area contributed by atoms with E-state index in [1.807, 2.05) is 56.6 Å². The summed E-state index contributed by atoms with van der Waals surface area (Å²) in [5.41, 5.74) is 4.96. The molecule has 1 saturated heterocycles. The number of carbonyl (C=O) groups excluding carboxylic acids is 1. The summed E-state index contributed by atoms with van der Waals surface area (Å²) in [4.78, 5) is 28.3. The van der Waals surface area contributed by atoms with Crippen molar-refractivity contribution in [1.82, 2.24) is 9.47 Å². The van der Waals surface area contributed by atoms with Crippen LogP contribution in [0.5, 0.6) is 0 Å². The molecule has 2 N–H and O–H groups in total. The van der Waals surface area contributed by atoms with Crippen LogP contribution >= 0.6 is 11.6 Å². The van der Waals surface area contributed by atoms with E-state index in [2.05, 4.69) is 15.5 Å². The van der Waals surface area contributed by atoms with E-state index in [0.717, 1.165) is 47.6 Å². The van der Waals surface area contributed by atoms with Gasteiger partial charge in [0, 0.05) is 38.1 Å². The first kappa shape index (κ1) is 23.1. The average molecular weight is 465 g/mol. The van der Waals surface area contributed by atoms with Gasteiger partial charge in [-0.25, -0.2) is 0 Å². The van der Waals surface area contributed by atoms with Gasteiger partial charge >= 0.3 is 0 Å². The van der Waals surface area contributed by atoms with Gasteiger partial charge in [0.1, 0.15) is 5.56 Å². The number of amides is 1. The Kier molecular flexibility index (Phi) is 6.86. The Morgan fingerprint density at radius 2 is 1.73 bits per heavy atom. The van der Waals surface area contributed by atoms with E-state index in [-0.39, 0.29) is 11.1 Å². The predicted molar refractivity (Wildman–Crippen MR) is 135 cm³/mol. The van der Waals surface area contributed by atoms with Gasteiger partial charge in [-0.15, -0.1) is 0 Å². The lowest BCUT2D eigenvalue weighted by Gasteiger charge is -2.17. The van der Waals surface area contributed by atoms with Crippen LogP contribution in [-0.2, 0) is 13.6 Å². The summed E-state index contributed by atoms with van der Waals surface area (Å²) in [5.74, 6) is -0.408. The first-order valence-electron chi connectivity index (χ1n) is 11.2. The van der Waals surface area contributed by atoms with Crippen LogP contribution in [0, 0.1) is 6.92 Å². The normalized spacial score (nSPS) is 13.8. The maximum Gasteiger partial charge on any atom is 0.263 e. The standard InChI is InChI=1S/C26H29ClN4O2/c1-17-19(20-9-7-11-23(28-2)24(20)27)8-6-10-22(17)29-25(32)21-14-18(15-30(3)26(21)33)16-31-12-4-5-13-31/h6-11,14-15,28H,4-5,12-13,16H2,1-3H3,(H,29,32). The fourth-order valence-electron chi connectivity index (χ4n) is 4.42. The van der Waals surface area contributed by atoms with E-state index in [9.17, 15) is 9.59 Å². The molecule has 0 saturated carbocycles. The number of aromatic nitrogens is 1. The molecule has 1 fully saturated rings. The van der Waals surface area contributed by atoms with Crippen LogP contribution in [0.25, 0.3) is 11.1 Å². The molecule has 172 valence electrons. The van der Waals surface area contributed by atoms with E-state index in [4.69, 9.17) is 11.6 Å². The Bertz CT molecular complexity index is 1250. The van der Waals surface area contributed by atoms with Crippen LogP contribution in [0.1, 0.15) is 34.3 Å². The molecule has 0 bridgehead atoms. The second-order valence-electron chi connectivity index (χ2n) is 8.51. The van der Waals surface area contributed by atoms with Crippen molar-refractivity contribution in [3.05, 3.63) is 80.7 Å². The molecule has 7 heteroatoms. The second kappa shape index (κ2) is 9.81. The highest BCUT2D eigenvalue weighted by molar-refractivity contribution is 6.36.